The molecule has 0 fully saturated rings. The lowest BCUT2D eigenvalue weighted by atomic mass is 10.1. The van der Waals surface area contributed by atoms with E-state index in [1.807, 2.05) is 0 Å². The third-order valence-corrected chi connectivity index (χ3v) is 12.7. The largest absolute Gasteiger partial charge is 0.403 e. The van der Waals surface area contributed by atoms with Gasteiger partial charge in [-0.2, -0.15) is 0 Å². The van der Waals surface area contributed by atoms with Gasteiger partial charge in [-0.25, -0.2) is 0 Å². The number of rotatable bonds is 9. The van der Waals surface area contributed by atoms with Crippen LogP contribution >= 0.6 is 0 Å². The molecule has 4 aromatic carbocycles. The van der Waals surface area contributed by atoms with Gasteiger partial charge in [0, 0.05) is 13.1 Å². The third-order valence-electron chi connectivity index (χ3n) is 7.71. The lowest BCUT2D eigenvalue weighted by Gasteiger charge is -2.43. The van der Waals surface area contributed by atoms with Crippen LogP contribution in [0.2, 0.25) is 5.04 Å². The Kier molecular flexibility index (Phi) is 7.75. The van der Waals surface area contributed by atoms with Crippen molar-refractivity contribution in [3.8, 4) is 0 Å². The summed E-state index contributed by atoms with van der Waals surface area (Å²) in [5, 5.41) is 2.65. The van der Waals surface area contributed by atoms with Gasteiger partial charge in [-0.1, -0.05) is 130 Å². The van der Waals surface area contributed by atoms with E-state index in [0.29, 0.717) is 6.61 Å². The molecule has 0 radical (unpaired) electrons. The molecule has 2 nitrogen and oxygen atoms in total. The summed E-state index contributed by atoms with van der Waals surface area (Å²) in [6.45, 7) is 10.9. The fourth-order valence-electron chi connectivity index (χ4n) is 5.87. The van der Waals surface area contributed by atoms with Crippen LogP contribution in [0, 0.1) is 0 Å². The van der Waals surface area contributed by atoms with Gasteiger partial charge in [-0.3, -0.25) is 4.90 Å². The molecule has 0 unspecified atom stereocenters. The second-order valence-electron chi connectivity index (χ2n) is 11.4. The summed E-state index contributed by atoms with van der Waals surface area (Å²) < 4.78 is 7.18. The predicted octanol–water partition coefficient (Wildman–Crippen LogP) is 6.71. The second kappa shape index (κ2) is 11.2. The first-order chi connectivity index (χ1) is 18.0. The highest BCUT2D eigenvalue weighted by molar-refractivity contribution is 6.99. The van der Waals surface area contributed by atoms with E-state index in [-0.39, 0.29) is 5.04 Å². The van der Waals surface area contributed by atoms with Gasteiger partial charge in [-0.15, -0.1) is 0 Å². The fourth-order valence-corrected chi connectivity index (χ4v) is 10.4. The predicted molar refractivity (Wildman–Crippen MR) is 158 cm³/mol. The molecule has 1 aliphatic heterocycles. The van der Waals surface area contributed by atoms with Crippen LogP contribution in [0.3, 0.4) is 0 Å². The highest BCUT2D eigenvalue weighted by atomic mass is 28.4. The molecule has 4 aromatic rings. The minimum atomic E-state index is -2.53. The lowest BCUT2D eigenvalue weighted by Crippen LogP contribution is -2.66. The SMILES string of the molecule is CC(C)(C)[Si](OCc1ccc2c(c1)CN(CCCc1ccccc1)C2)(c1ccccc1)c1ccccc1. The Hall–Kier alpha value is -2.98. The van der Waals surface area contributed by atoms with Gasteiger partial charge in [-0.05, 0) is 57.1 Å². The summed E-state index contributed by atoms with van der Waals surface area (Å²) in [5.74, 6) is 0. The Morgan fingerprint density at radius 2 is 1.24 bits per heavy atom. The molecule has 0 spiro atoms. The molecule has 1 heterocycles. The number of aryl methyl sites for hydroxylation is 1. The number of benzene rings is 4. The van der Waals surface area contributed by atoms with Crippen LogP contribution in [0.4, 0.5) is 0 Å². The van der Waals surface area contributed by atoms with Gasteiger partial charge >= 0.3 is 0 Å². The zero-order valence-electron chi connectivity index (χ0n) is 22.5. The summed E-state index contributed by atoms with van der Waals surface area (Å²) >= 11 is 0. The van der Waals surface area contributed by atoms with E-state index in [1.54, 1.807) is 0 Å². The summed E-state index contributed by atoms with van der Waals surface area (Å²) in [6.07, 6.45) is 2.34. The molecule has 0 bridgehead atoms. The van der Waals surface area contributed by atoms with Gasteiger partial charge in [0.2, 0.25) is 0 Å². The van der Waals surface area contributed by atoms with E-state index in [4.69, 9.17) is 4.43 Å². The zero-order valence-corrected chi connectivity index (χ0v) is 23.5. The van der Waals surface area contributed by atoms with E-state index < -0.39 is 8.32 Å². The van der Waals surface area contributed by atoms with Gasteiger partial charge in [0.1, 0.15) is 0 Å². The van der Waals surface area contributed by atoms with E-state index in [1.165, 1.54) is 39.0 Å². The van der Waals surface area contributed by atoms with Crippen molar-refractivity contribution < 1.29 is 4.43 Å². The Bertz CT molecular complexity index is 1240. The van der Waals surface area contributed by atoms with Crippen molar-refractivity contribution in [3.05, 3.63) is 131 Å². The topological polar surface area (TPSA) is 12.5 Å². The first-order valence-electron chi connectivity index (χ1n) is 13.6. The van der Waals surface area contributed by atoms with Crippen molar-refractivity contribution in [2.45, 2.75) is 58.3 Å². The monoisotopic (exact) mass is 505 g/mol. The van der Waals surface area contributed by atoms with Crippen LogP contribution in [-0.2, 0) is 30.5 Å². The average Bonchev–Trinajstić information content (AvgIpc) is 3.32. The zero-order chi connectivity index (χ0) is 25.7. The van der Waals surface area contributed by atoms with E-state index in [2.05, 4.69) is 135 Å². The van der Waals surface area contributed by atoms with Crippen LogP contribution in [-0.4, -0.2) is 19.8 Å². The standard InChI is InChI=1S/C34H39NOSi/c1-34(2,3)37(32-17-9-5-10-18-32,33-19-11-6-12-20-33)36-27-29-21-22-30-25-35(26-31(30)24-29)23-13-16-28-14-7-4-8-15-28/h4-12,14-15,17-22,24H,13,16,23,25-27H2,1-3H3. The molecular formula is C34H39NOSi. The van der Waals surface area contributed by atoms with E-state index >= 15 is 0 Å². The summed E-state index contributed by atoms with van der Waals surface area (Å²) in [7, 11) is -2.53. The Balaban J connectivity index is 1.31. The van der Waals surface area contributed by atoms with Crippen LogP contribution in [0.25, 0.3) is 0 Å². The molecule has 5 rings (SSSR count). The Labute approximate surface area is 224 Å². The number of fused-ring (bicyclic) bond motifs is 1. The smallest absolute Gasteiger partial charge is 0.261 e. The maximum absolute atomic E-state index is 7.18. The molecular weight excluding hydrogens is 466 g/mol. The van der Waals surface area contributed by atoms with Crippen molar-refractivity contribution >= 4 is 18.7 Å². The summed E-state index contributed by atoms with van der Waals surface area (Å²) in [5.41, 5.74) is 5.64. The van der Waals surface area contributed by atoms with Gasteiger partial charge < -0.3 is 4.43 Å². The molecule has 0 saturated carbocycles. The first kappa shape index (κ1) is 25.7. The maximum atomic E-state index is 7.18. The molecule has 1 aliphatic rings. The highest BCUT2D eigenvalue weighted by Gasteiger charge is 2.50. The van der Waals surface area contributed by atoms with Crippen molar-refractivity contribution in [1.82, 2.24) is 4.90 Å². The maximum Gasteiger partial charge on any atom is 0.261 e. The molecule has 0 aliphatic carbocycles. The highest BCUT2D eigenvalue weighted by Crippen LogP contribution is 2.37. The van der Waals surface area contributed by atoms with Crippen LogP contribution in [0.5, 0.6) is 0 Å². The fraction of sp³-hybridized carbons (Fsp3) is 0.294. The van der Waals surface area contributed by atoms with E-state index in [0.717, 1.165) is 26.1 Å². The number of hydrogen-bond donors (Lipinski definition) is 0. The Morgan fingerprint density at radius 3 is 1.84 bits per heavy atom. The van der Waals surface area contributed by atoms with Crippen LogP contribution in [0.15, 0.2) is 109 Å². The molecule has 0 atom stereocenters. The second-order valence-corrected chi connectivity index (χ2v) is 15.7. The summed E-state index contributed by atoms with van der Waals surface area (Å²) in [4.78, 5) is 2.58. The first-order valence-corrected chi connectivity index (χ1v) is 15.5. The number of nitrogens with zero attached hydrogens (tertiary/aromatic N) is 1. The third kappa shape index (κ3) is 5.64. The van der Waals surface area contributed by atoms with Crippen LogP contribution < -0.4 is 10.4 Å². The normalized spacial score (nSPS) is 14.0. The average molecular weight is 506 g/mol. The molecule has 3 heteroatoms. The minimum Gasteiger partial charge on any atom is -0.403 e. The number of hydrogen-bond acceptors (Lipinski definition) is 2. The van der Waals surface area contributed by atoms with Crippen LogP contribution in [0.1, 0.15) is 49.4 Å². The molecule has 0 N–H and O–H groups in total. The molecule has 190 valence electrons. The molecule has 0 amide bonds. The van der Waals surface area contributed by atoms with Crippen molar-refractivity contribution in [3.63, 3.8) is 0 Å². The van der Waals surface area contributed by atoms with Crippen molar-refractivity contribution in [1.29, 1.82) is 0 Å². The van der Waals surface area contributed by atoms with Gasteiger partial charge in [0.15, 0.2) is 0 Å². The molecule has 0 aromatic heterocycles. The Morgan fingerprint density at radius 1 is 0.676 bits per heavy atom. The molecule has 37 heavy (non-hydrogen) atoms. The van der Waals surface area contributed by atoms with Crippen molar-refractivity contribution in [2.24, 2.45) is 0 Å². The quantitative estimate of drug-likeness (QED) is 0.234. The van der Waals surface area contributed by atoms with E-state index in [9.17, 15) is 0 Å². The van der Waals surface area contributed by atoms with Crippen molar-refractivity contribution in [2.75, 3.05) is 6.54 Å². The lowest BCUT2D eigenvalue weighted by molar-refractivity contribution is 0.279. The minimum absolute atomic E-state index is 0.0119. The molecule has 0 saturated heterocycles. The van der Waals surface area contributed by atoms with Gasteiger partial charge in [0.25, 0.3) is 8.32 Å². The van der Waals surface area contributed by atoms with Gasteiger partial charge in [0.05, 0.1) is 6.61 Å². The summed E-state index contributed by atoms with van der Waals surface area (Å²) in [6, 6.07) is 39.7.